The number of hydrogen-bond acceptors (Lipinski definition) is 1. The van der Waals surface area contributed by atoms with Crippen molar-refractivity contribution in [1.82, 2.24) is 0 Å². The normalized spacial score (nSPS) is 25.6. The SMILES string of the molecule is CCCC[C@H]1/C=C\CCCC(=O)[C@@H]1c1ccccc1. The molecule has 1 aliphatic carbocycles. The van der Waals surface area contributed by atoms with Crippen molar-refractivity contribution in [2.75, 3.05) is 0 Å². The first-order valence-electron chi connectivity index (χ1n) is 7.57. The molecule has 0 N–H and O–H groups in total. The van der Waals surface area contributed by atoms with Crippen LogP contribution in [0.15, 0.2) is 42.5 Å². The summed E-state index contributed by atoms with van der Waals surface area (Å²) in [6.45, 7) is 2.21. The average molecular weight is 256 g/mol. The Balaban J connectivity index is 2.27. The quantitative estimate of drug-likeness (QED) is 0.701. The predicted molar refractivity (Wildman–Crippen MR) is 80.2 cm³/mol. The van der Waals surface area contributed by atoms with Gasteiger partial charge in [0.1, 0.15) is 5.78 Å². The fourth-order valence-corrected chi connectivity index (χ4v) is 2.97. The van der Waals surface area contributed by atoms with E-state index in [-0.39, 0.29) is 5.92 Å². The Morgan fingerprint density at radius 2 is 2.00 bits per heavy atom. The Labute approximate surface area is 116 Å². The summed E-state index contributed by atoms with van der Waals surface area (Å²) < 4.78 is 0. The second-order valence-electron chi connectivity index (χ2n) is 5.48. The number of carbonyl (C=O) groups excluding carboxylic acids is 1. The molecule has 1 aromatic carbocycles. The lowest BCUT2D eigenvalue weighted by atomic mass is 9.77. The highest BCUT2D eigenvalue weighted by Crippen LogP contribution is 2.33. The molecule has 2 atom stereocenters. The molecule has 0 aliphatic heterocycles. The second kappa shape index (κ2) is 7.28. The third kappa shape index (κ3) is 3.79. The summed E-state index contributed by atoms with van der Waals surface area (Å²) in [4.78, 5) is 12.5. The highest BCUT2D eigenvalue weighted by molar-refractivity contribution is 5.86. The van der Waals surface area contributed by atoms with E-state index in [1.807, 2.05) is 18.2 Å². The lowest BCUT2D eigenvalue weighted by molar-refractivity contribution is -0.121. The first-order chi connectivity index (χ1) is 9.33. The van der Waals surface area contributed by atoms with Gasteiger partial charge in [-0.25, -0.2) is 0 Å². The molecule has 0 saturated heterocycles. The molecule has 2 rings (SSSR count). The molecule has 1 heteroatoms. The fourth-order valence-electron chi connectivity index (χ4n) is 2.97. The van der Waals surface area contributed by atoms with Gasteiger partial charge in [0.25, 0.3) is 0 Å². The maximum Gasteiger partial charge on any atom is 0.140 e. The molecular weight excluding hydrogens is 232 g/mol. The molecule has 0 aromatic heterocycles. The van der Waals surface area contributed by atoms with Gasteiger partial charge in [0, 0.05) is 12.3 Å². The monoisotopic (exact) mass is 256 g/mol. The number of unbranched alkanes of at least 4 members (excludes halogenated alkanes) is 1. The Bertz CT molecular complexity index is 419. The molecule has 19 heavy (non-hydrogen) atoms. The van der Waals surface area contributed by atoms with Gasteiger partial charge in [-0.3, -0.25) is 4.79 Å². The van der Waals surface area contributed by atoms with Gasteiger partial charge in [-0.1, -0.05) is 62.2 Å². The van der Waals surface area contributed by atoms with Gasteiger partial charge in [-0.05, 0) is 30.7 Å². The summed E-state index contributed by atoms with van der Waals surface area (Å²) in [7, 11) is 0. The van der Waals surface area contributed by atoms with Gasteiger partial charge >= 0.3 is 0 Å². The number of benzene rings is 1. The Morgan fingerprint density at radius 1 is 1.21 bits per heavy atom. The summed E-state index contributed by atoms with van der Waals surface area (Å²) in [5.41, 5.74) is 1.19. The standard InChI is InChI=1S/C18H24O/c1-2-3-10-15-11-8-5-9-14-17(19)18(15)16-12-6-4-7-13-16/h4,6-8,11-13,15,18H,2-3,5,9-10,14H2,1H3/b11-8-/t15-,18-/m0/s1. The van der Waals surface area contributed by atoms with Crippen molar-refractivity contribution in [1.29, 1.82) is 0 Å². The average Bonchev–Trinajstić information content (AvgIpc) is 2.42. The van der Waals surface area contributed by atoms with E-state index in [1.165, 1.54) is 18.4 Å². The summed E-state index contributed by atoms with van der Waals surface area (Å²) >= 11 is 0. The van der Waals surface area contributed by atoms with E-state index in [4.69, 9.17) is 0 Å². The highest BCUT2D eigenvalue weighted by atomic mass is 16.1. The third-order valence-electron chi connectivity index (χ3n) is 4.00. The van der Waals surface area contributed by atoms with E-state index < -0.39 is 0 Å². The summed E-state index contributed by atoms with van der Waals surface area (Å²) in [5, 5.41) is 0. The molecule has 0 bridgehead atoms. The molecule has 1 nitrogen and oxygen atoms in total. The van der Waals surface area contributed by atoms with E-state index in [2.05, 4.69) is 31.2 Å². The topological polar surface area (TPSA) is 17.1 Å². The van der Waals surface area contributed by atoms with E-state index in [1.54, 1.807) is 0 Å². The summed E-state index contributed by atoms with van der Waals surface area (Å²) in [6.07, 6.45) is 10.9. The molecule has 1 aliphatic rings. The van der Waals surface area contributed by atoms with Crippen LogP contribution in [0.1, 0.15) is 56.9 Å². The molecule has 0 unspecified atom stereocenters. The van der Waals surface area contributed by atoms with E-state index in [0.717, 1.165) is 25.7 Å². The van der Waals surface area contributed by atoms with Crippen molar-refractivity contribution in [3.63, 3.8) is 0 Å². The fraction of sp³-hybridized carbons (Fsp3) is 0.500. The molecular formula is C18H24O. The molecule has 0 spiro atoms. The first-order valence-corrected chi connectivity index (χ1v) is 7.57. The van der Waals surface area contributed by atoms with Crippen LogP contribution < -0.4 is 0 Å². The molecule has 0 amide bonds. The zero-order valence-corrected chi connectivity index (χ0v) is 11.8. The predicted octanol–water partition coefficient (Wildman–Crippen LogP) is 4.89. The van der Waals surface area contributed by atoms with E-state index in [9.17, 15) is 4.79 Å². The minimum Gasteiger partial charge on any atom is -0.299 e. The van der Waals surface area contributed by atoms with E-state index >= 15 is 0 Å². The molecule has 1 aromatic rings. The highest BCUT2D eigenvalue weighted by Gasteiger charge is 2.27. The van der Waals surface area contributed by atoms with Gasteiger partial charge in [0.15, 0.2) is 0 Å². The number of allylic oxidation sites excluding steroid dienone is 2. The molecule has 0 heterocycles. The smallest absolute Gasteiger partial charge is 0.140 e. The van der Waals surface area contributed by atoms with Crippen LogP contribution in [0.3, 0.4) is 0 Å². The van der Waals surface area contributed by atoms with Gasteiger partial charge in [-0.15, -0.1) is 0 Å². The Morgan fingerprint density at radius 3 is 2.74 bits per heavy atom. The van der Waals surface area contributed by atoms with Crippen LogP contribution in [0.2, 0.25) is 0 Å². The molecule has 0 radical (unpaired) electrons. The molecule has 0 fully saturated rings. The zero-order valence-electron chi connectivity index (χ0n) is 11.8. The van der Waals surface area contributed by atoms with Crippen LogP contribution >= 0.6 is 0 Å². The van der Waals surface area contributed by atoms with Crippen molar-refractivity contribution in [2.24, 2.45) is 5.92 Å². The lowest BCUT2D eigenvalue weighted by Crippen LogP contribution is -2.22. The summed E-state index contributed by atoms with van der Waals surface area (Å²) in [5.74, 6) is 0.885. The first kappa shape index (κ1) is 14.0. The maximum atomic E-state index is 12.5. The number of carbonyl (C=O) groups is 1. The molecule has 102 valence electrons. The Hall–Kier alpha value is -1.37. The minimum atomic E-state index is 0.0734. The van der Waals surface area contributed by atoms with Crippen LogP contribution in [0.5, 0.6) is 0 Å². The number of Topliss-reactive ketones (excluding diaryl/α,β-unsaturated/α-hetero) is 1. The maximum absolute atomic E-state index is 12.5. The number of hydrogen-bond donors (Lipinski definition) is 0. The molecule has 0 saturated carbocycles. The van der Waals surface area contributed by atoms with Gasteiger partial charge < -0.3 is 0 Å². The van der Waals surface area contributed by atoms with Crippen molar-refractivity contribution in [2.45, 2.75) is 51.4 Å². The number of ketones is 1. The van der Waals surface area contributed by atoms with Crippen molar-refractivity contribution >= 4 is 5.78 Å². The van der Waals surface area contributed by atoms with Crippen LogP contribution in [0.25, 0.3) is 0 Å². The van der Waals surface area contributed by atoms with Gasteiger partial charge in [-0.2, -0.15) is 0 Å². The Kier molecular flexibility index (Phi) is 5.38. The van der Waals surface area contributed by atoms with E-state index in [0.29, 0.717) is 11.7 Å². The summed E-state index contributed by atoms with van der Waals surface area (Å²) in [6, 6.07) is 10.3. The van der Waals surface area contributed by atoms with Crippen molar-refractivity contribution in [3.05, 3.63) is 48.0 Å². The lowest BCUT2D eigenvalue weighted by Gasteiger charge is -2.25. The van der Waals surface area contributed by atoms with Crippen LogP contribution in [-0.2, 0) is 4.79 Å². The van der Waals surface area contributed by atoms with Crippen molar-refractivity contribution < 1.29 is 4.79 Å². The number of rotatable bonds is 4. The largest absolute Gasteiger partial charge is 0.299 e. The third-order valence-corrected chi connectivity index (χ3v) is 4.00. The second-order valence-corrected chi connectivity index (χ2v) is 5.48. The zero-order chi connectivity index (χ0) is 13.5. The van der Waals surface area contributed by atoms with Crippen LogP contribution in [0.4, 0.5) is 0 Å². The van der Waals surface area contributed by atoms with Crippen molar-refractivity contribution in [3.8, 4) is 0 Å². The van der Waals surface area contributed by atoms with Gasteiger partial charge in [0.05, 0.1) is 0 Å². The van der Waals surface area contributed by atoms with Gasteiger partial charge in [0.2, 0.25) is 0 Å². The van der Waals surface area contributed by atoms with Crippen LogP contribution in [-0.4, -0.2) is 5.78 Å². The minimum absolute atomic E-state index is 0.0734. The van der Waals surface area contributed by atoms with Crippen LogP contribution in [0, 0.1) is 5.92 Å².